The van der Waals surface area contributed by atoms with Gasteiger partial charge in [0.2, 0.25) is 5.91 Å². The van der Waals surface area contributed by atoms with E-state index in [0.29, 0.717) is 17.5 Å². The lowest BCUT2D eigenvalue weighted by atomic mass is 10.1. The van der Waals surface area contributed by atoms with Crippen LogP contribution in [0.15, 0.2) is 70.9 Å². The van der Waals surface area contributed by atoms with Gasteiger partial charge in [-0.25, -0.2) is 13.1 Å². The number of thiophene rings is 1. The van der Waals surface area contributed by atoms with Gasteiger partial charge in [-0.15, -0.1) is 11.3 Å². The molecule has 0 atom stereocenters. The molecule has 0 saturated heterocycles. The Morgan fingerprint density at radius 1 is 0.941 bits per heavy atom. The number of ether oxygens (including phenoxy) is 1. The molecule has 2 aromatic carbocycles. The molecule has 0 spiro atoms. The van der Waals surface area contributed by atoms with Crippen LogP contribution in [0.1, 0.15) is 30.4 Å². The van der Waals surface area contributed by atoms with Gasteiger partial charge in [-0.1, -0.05) is 54.1 Å². The number of aryl methyl sites for hydroxylation is 2. The minimum atomic E-state index is -3.86. The molecule has 0 aliphatic carbocycles. The molecule has 0 aliphatic heterocycles. The highest BCUT2D eigenvalue weighted by Gasteiger charge is 2.18. The van der Waals surface area contributed by atoms with Crippen LogP contribution in [0.2, 0.25) is 4.34 Å². The molecule has 0 aliphatic rings. The van der Waals surface area contributed by atoms with Crippen molar-refractivity contribution in [3.05, 3.63) is 81.5 Å². The van der Waals surface area contributed by atoms with Gasteiger partial charge in [0.15, 0.2) is 0 Å². The van der Waals surface area contributed by atoms with Crippen molar-refractivity contribution in [1.29, 1.82) is 0 Å². The molecule has 0 saturated carbocycles. The van der Waals surface area contributed by atoms with E-state index in [2.05, 4.69) is 46.4 Å². The number of halogens is 1. The Hall–Kier alpha value is -2.39. The molecule has 0 fully saturated rings. The lowest BCUT2D eigenvalue weighted by molar-refractivity contribution is -0.119. The van der Waals surface area contributed by atoms with E-state index >= 15 is 0 Å². The van der Waals surface area contributed by atoms with Gasteiger partial charge >= 0.3 is 0 Å². The predicted molar refractivity (Wildman–Crippen MR) is 137 cm³/mol. The molecule has 34 heavy (non-hydrogen) atoms. The number of nitrogens with one attached hydrogen (secondary N) is 2. The molecule has 6 nitrogen and oxygen atoms in total. The molecular formula is C25H29ClN2O4S2. The number of amides is 1. The van der Waals surface area contributed by atoms with Gasteiger partial charge in [0, 0.05) is 18.3 Å². The second kappa shape index (κ2) is 13.5. The highest BCUT2D eigenvalue weighted by Crippen LogP contribution is 2.23. The Bertz CT molecular complexity index is 1130. The van der Waals surface area contributed by atoms with E-state index in [1.807, 2.05) is 18.2 Å². The first-order chi connectivity index (χ1) is 16.4. The van der Waals surface area contributed by atoms with Crippen molar-refractivity contribution >= 4 is 38.9 Å². The molecule has 3 aromatic rings. The third-order valence-electron chi connectivity index (χ3n) is 5.09. The van der Waals surface area contributed by atoms with E-state index in [1.54, 1.807) is 0 Å². The van der Waals surface area contributed by atoms with Gasteiger partial charge in [-0.3, -0.25) is 4.79 Å². The summed E-state index contributed by atoms with van der Waals surface area (Å²) in [5, 5.41) is 4.58. The SMILES string of the molecule is O=C(CCNCCCc1ccc(OCCCc2ccccc2)cc1)NS(=O)(=O)c1csc(Cl)c1. The van der Waals surface area contributed by atoms with Gasteiger partial charge < -0.3 is 10.1 Å². The summed E-state index contributed by atoms with van der Waals surface area (Å²) < 4.78 is 32.4. The topological polar surface area (TPSA) is 84.5 Å². The van der Waals surface area contributed by atoms with Gasteiger partial charge in [0.1, 0.15) is 5.75 Å². The van der Waals surface area contributed by atoms with Crippen LogP contribution in [0.5, 0.6) is 5.75 Å². The summed E-state index contributed by atoms with van der Waals surface area (Å²) in [7, 11) is -3.86. The maximum atomic E-state index is 12.1. The number of hydrogen-bond acceptors (Lipinski definition) is 6. The first-order valence-corrected chi connectivity index (χ1v) is 13.9. The highest BCUT2D eigenvalue weighted by atomic mass is 35.5. The number of sulfonamides is 1. The third kappa shape index (κ3) is 9.10. The van der Waals surface area contributed by atoms with Crippen molar-refractivity contribution in [2.24, 2.45) is 0 Å². The van der Waals surface area contributed by atoms with Gasteiger partial charge in [-0.05, 0) is 61.6 Å². The first-order valence-electron chi connectivity index (χ1n) is 11.2. The molecule has 3 rings (SSSR count). The smallest absolute Gasteiger partial charge is 0.264 e. The zero-order chi connectivity index (χ0) is 24.2. The van der Waals surface area contributed by atoms with E-state index in [-0.39, 0.29) is 11.3 Å². The van der Waals surface area contributed by atoms with Crippen LogP contribution in [0.4, 0.5) is 0 Å². The van der Waals surface area contributed by atoms with Crippen molar-refractivity contribution in [3.8, 4) is 5.75 Å². The number of hydrogen-bond donors (Lipinski definition) is 2. The van der Waals surface area contributed by atoms with Gasteiger partial charge in [0.25, 0.3) is 10.0 Å². The zero-order valence-electron chi connectivity index (χ0n) is 18.8. The Balaban J connectivity index is 1.24. The van der Waals surface area contributed by atoms with Crippen LogP contribution in [-0.2, 0) is 27.7 Å². The summed E-state index contributed by atoms with van der Waals surface area (Å²) in [4.78, 5) is 11.9. The quantitative estimate of drug-likeness (QED) is 0.297. The summed E-state index contributed by atoms with van der Waals surface area (Å²) in [5.41, 5.74) is 2.54. The summed E-state index contributed by atoms with van der Waals surface area (Å²) in [5.74, 6) is 0.329. The van der Waals surface area contributed by atoms with Crippen molar-refractivity contribution in [2.75, 3.05) is 19.7 Å². The maximum absolute atomic E-state index is 12.1. The fourth-order valence-electron chi connectivity index (χ4n) is 3.30. The second-order valence-electron chi connectivity index (χ2n) is 7.80. The third-order valence-corrected chi connectivity index (χ3v) is 7.69. The lowest BCUT2D eigenvalue weighted by Crippen LogP contribution is -2.32. The fraction of sp³-hybridized carbons (Fsp3) is 0.320. The van der Waals surface area contributed by atoms with Crippen molar-refractivity contribution in [1.82, 2.24) is 10.0 Å². The Kier molecular flexibility index (Phi) is 10.4. The predicted octanol–water partition coefficient (Wildman–Crippen LogP) is 4.83. The van der Waals surface area contributed by atoms with Crippen molar-refractivity contribution in [2.45, 2.75) is 37.0 Å². The number of carbonyl (C=O) groups excluding carboxylic acids is 1. The molecule has 0 radical (unpaired) electrons. The van der Waals surface area contributed by atoms with Crippen molar-refractivity contribution < 1.29 is 17.9 Å². The molecule has 2 N–H and O–H groups in total. The van der Waals surface area contributed by atoms with Crippen molar-refractivity contribution in [3.63, 3.8) is 0 Å². The molecular weight excluding hydrogens is 492 g/mol. The molecule has 0 unspecified atom stereocenters. The average Bonchev–Trinajstić information content (AvgIpc) is 3.28. The molecule has 1 heterocycles. The normalized spacial score (nSPS) is 11.3. The van der Waals surface area contributed by atoms with Crippen LogP contribution in [0.3, 0.4) is 0 Å². The van der Waals surface area contributed by atoms with E-state index in [4.69, 9.17) is 16.3 Å². The van der Waals surface area contributed by atoms with Gasteiger partial charge in [-0.2, -0.15) is 0 Å². The Labute approximate surface area is 210 Å². The average molecular weight is 521 g/mol. The van der Waals surface area contributed by atoms with Crippen LogP contribution in [0.25, 0.3) is 0 Å². The van der Waals surface area contributed by atoms with E-state index in [1.165, 1.54) is 22.6 Å². The minimum absolute atomic E-state index is 0.00686. The fourth-order valence-corrected chi connectivity index (χ4v) is 5.63. The summed E-state index contributed by atoms with van der Waals surface area (Å²) >= 11 is 6.86. The standard InChI is InChI=1S/C25H29ClN2O4S2/c26-24-18-23(19-33-24)34(30,31)28-25(29)14-16-27-15-4-8-21-10-12-22(13-11-21)32-17-5-9-20-6-2-1-3-7-20/h1-3,6-7,10-13,18-19,27H,4-5,8-9,14-17H2,(H,28,29). The number of rotatable bonds is 14. The summed E-state index contributed by atoms with van der Waals surface area (Å²) in [6, 6.07) is 19.9. The summed E-state index contributed by atoms with van der Waals surface area (Å²) in [6.07, 6.45) is 3.87. The number of carbonyl (C=O) groups is 1. The molecule has 9 heteroatoms. The monoisotopic (exact) mass is 520 g/mol. The highest BCUT2D eigenvalue weighted by molar-refractivity contribution is 7.90. The minimum Gasteiger partial charge on any atom is -0.494 e. The Morgan fingerprint density at radius 2 is 1.65 bits per heavy atom. The zero-order valence-corrected chi connectivity index (χ0v) is 21.2. The van der Waals surface area contributed by atoms with E-state index in [0.717, 1.165) is 49.3 Å². The van der Waals surface area contributed by atoms with Crippen LogP contribution in [0, 0.1) is 0 Å². The lowest BCUT2D eigenvalue weighted by Gasteiger charge is -2.08. The van der Waals surface area contributed by atoms with Crippen LogP contribution >= 0.6 is 22.9 Å². The van der Waals surface area contributed by atoms with Crippen LogP contribution in [-0.4, -0.2) is 34.0 Å². The number of benzene rings is 2. The molecule has 1 aromatic heterocycles. The molecule has 1 amide bonds. The van der Waals surface area contributed by atoms with E-state index in [9.17, 15) is 13.2 Å². The first kappa shape index (κ1) is 26.2. The van der Waals surface area contributed by atoms with E-state index < -0.39 is 15.9 Å². The molecule has 0 bridgehead atoms. The largest absolute Gasteiger partial charge is 0.494 e. The maximum Gasteiger partial charge on any atom is 0.264 e. The Morgan fingerprint density at radius 3 is 2.35 bits per heavy atom. The van der Waals surface area contributed by atoms with Crippen LogP contribution < -0.4 is 14.8 Å². The van der Waals surface area contributed by atoms with Gasteiger partial charge in [0.05, 0.1) is 15.8 Å². The second-order valence-corrected chi connectivity index (χ2v) is 11.0. The molecule has 182 valence electrons. The summed E-state index contributed by atoms with van der Waals surface area (Å²) in [6.45, 7) is 1.83.